The summed E-state index contributed by atoms with van der Waals surface area (Å²) in [5.41, 5.74) is 2.10. The molecule has 2 aliphatic heterocycles. The van der Waals surface area contributed by atoms with Crippen molar-refractivity contribution < 1.29 is 23.9 Å². The minimum Gasteiger partial charge on any atom is -0.493 e. The maximum absolute atomic E-state index is 13.4. The fourth-order valence-corrected chi connectivity index (χ4v) is 5.78. The van der Waals surface area contributed by atoms with Crippen molar-refractivity contribution in [2.45, 2.75) is 53.4 Å². The summed E-state index contributed by atoms with van der Waals surface area (Å²) in [6.45, 7) is 9.20. The molecule has 0 N–H and O–H groups in total. The zero-order valence-corrected chi connectivity index (χ0v) is 22.6. The van der Waals surface area contributed by atoms with Gasteiger partial charge >= 0.3 is 0 Å². The van der Waals surface area contributed by atoms with E-state index in [4.69, 9.17) is 4.74 Å². The van der Waals surface area contributed by atoms with Crippen LogP contribution in [0.1, 0.15) is 52.5 Å². The first-order valence-electron chi connectivity index (χ1n) is 13.8. The van der Waals surface area contributed by atoms with Crippen molar-refractivity contribution in [1.82, 2.24) is 0 Å². The van der Waals surface area contributed by atoms with Gasteiger partial charge in [-0.15, -0.1) is 0 Å². The number of carbonyl (C=O) groups excluding carboxylic acids is 4. The van der Waals surface area contributed by atoms with Crippen molar-refractivity contribution in [2.75, 3.05) is 16.4 Å². The van der Waals surface area contributed by atoms with Crippen LogP contribution in [0.4, 0.5) is 11.4 Å². The molecule has 0 aromatic heterocycles. The third-order valence-electron chi connectivity index (χ3n) is 8.71. The normalized spacial score (nSPS) is 25.8. The number of rotatable bonds is 10. The first kappa shape index (κ1) is 26.1. The highest BCUT2D eigenvalue weighted by molar-refractivity contribution is 6.32. The summed E-state index contributed by atoms with van der Waals surface area (Å²) >= 11 is 0. The molecule has 7 nitrogen and oxygen atoms in total. The van der Waals surface area contributed by atoms with Gasteiger partial charge in [0.2, 0.25) is 23.6 Å². The Balaban J connectivity index is 1.29. The molecule has 3 aliphatic rings. The highest BCUT2D eigenvalue weighted by Crippen LogP contribution is 2.57. The number of fused-ring (bicyclic) bond motifs is 4. The van der Waals surface area contributed by atoms with Crippen LogP contribution in [0.15, 0.2) is 48.5 Å². The number of nitrogens with zero attached hydrogens (tertiary/aromatic N) is 2. The zero-order valence-electron chi connectivity index (χ0n) is 22.6. The molecule has 1 aliphatic carbocycles. The van der Waals surface area contributed by atoms with Crippen LogP contribution in [-0.4, -0.2) is 30.2 Å². The molecule has 2 saturated heterocycles. The van der Waals surface area contributed by atoms with Gasteiger partial charge in [0, 0.05) is 0 Å². The molecule has 2 heterocycles. The van der Waals surface area contributed by atoms with Crippen molar-refractivity contribution in [2.24, 2.45) is 35.5 Å². The molecule has 0 spiro atoms. The monoisotopic (exact) mass is 516 g/mol. The highest BCUT2D eigenvalue weighted by atomic mass is 16.5. The van der Waals surface area contributed by atoms with Gasteiger partial charge < -0.3 is 4.74 Å². The lowest BCUT2D eigenvalue weighted by Crippen LogP contribution is -2.50. The number of hydrogen-bond acceptors (Lipinski definition) is 5. The summed E-state index contributed by atoms with van der Waals surface area (Å²) in [6, 6.07) is 14.3. The standard InChI is InChI=1S/C31H36N2O5/c1-5-18(3)7-8-20-9-11-21(12-10-20)32-28(34)24-25(29(32)35)27-26(24)30(36)33(31(27)37)22-13-15-23(16-14-22)38-17-19(4)6-2/h9-16,18-19,24-27H,5-8,17H2,1-4H3. The minimum absolute atomic E-state index is 0.384. The molecule has 2 aromatic rings. The number of aryl methyl sites for hydroxylation is 1. The van der Waals surface area contributed by atoms with Gasteiger partial charge in [0.05, 0.1) is 41.7 Å². The van der Waals surface area contributed by atoms with Crippen molar-refractivity contribution in [3.8, 4) is 5.75 Å². The molecule has 4 amide bonds. The number of hydrogen-bond donors (Lipinski definition) is 0. The minimum atomic E-state index is -0.787. The maximum Gasteiger partial charge on any atom is 0.238 e. The summed E-state index contributed by atoms with van der Waals surface area (Å²) in [5.74, 6) is -2.98. The number of ether oxygens (including phenoxy) is 1. The van der Waals surface area contributed by atoms with E-state index >= 15 is 0 Å². The Morgan fingerprint density at radius 1 is 0.658 bits per heavy atom. The van der Waals surface area contributed by atoms with E-state index in [2.05, 4.69) is 27.7 Å². The van der Waals surface area contributed by atoms with E-state index < -0.39 is 35.5 Å². The topological polar surface area (TPSA) is 84.0 Å². The second-order valence-electron chi connectivity index (χ2n) is 11.2. The van der Waals surface area contributed by atoms with Crippen LogP contribution in [0, 0.1) is 35.5 Å². The lowest BCUT2D eigenvalue weighted by molar-refractivity contribution is -0.146. The van der Waals surface area contributed by atoms with Crippen molar-refractivity contribution in [3.05, 3.63) is 54.1 Å². The van der Waals surface area contributed by atoms with E-state index in [0.29, 0.717) is 35.6 Å². The predicted octanol–water partition coefficient (Wildman–Crippen LogP) is 5.02. The van der Waals surface area contributed by atoms with Gasteiger partial charge in [-0.25, -0.2) is 0 Å². The number of anilines is 2. The van der Waals surface area contributed by atoms with E-state index in [1.54, 1.807) is 36.4 Å². The highest BCUT2D eigenvalue weighted by Gasteiger charge is 2.73. The van der Waals surface area contributed by atoms with Crippen LogP contribution in [-0.2, 0) is 25.6 Å². The Bertz CT molecular complexity index is 1090. The summed E-state index contributed by atoms with van der Waals surface area (Å²) in [5, 5.41) is 0. The van der Waals surface area contributed by atoms with Crippen LogP contribution in [0.3, 0.4) is 0 Å². The molecule has 6 atom stereocenters. The zero-order chi connectivity index (χ0) is 27.1. The van der Waals surface area contributed by atoms with Gasteiger partial charge in [-0.3, -0.25) is 29.0 Å². The Hall–Kier alpha value is -3.48. The molecule has 1 saturated carbocycles. The van der Waals surface area contributed by atoms with E-state index in [0.717, 1.165) is 36.1 Å². The van der Waals surface area contributed by atoms with Crippen molar-refractivity contribution in [1.29, 1.82) is 0 Å². The Morgan fingerprint density at radius 3 is 1.50 bits per heavy atom. The van der Waals surface area contributed by atoms with Crippen molar-refractivity contribution >= 4 is 35.0 Å². The van der Waals surface area contributed by atoms with E-state index in [1.807, 2.05) is 12.1 Å². The van der Waals surface area contributed by atoms with Gasteiger partial charge in [-0.1, -0.05) is 52.7 Å². The van der Waals surface area contributed by atoms with Crippen LogP contribution in [0.2, 0.25) is 0 Å². The SMILES string of the molecule is CCC(C)CCc1ccc(N2C(=O)C3C(C2=O)C2C(=O)N(c4ccc(OCC(C)CC)cc4)C(=O)C32)cc1. The number of benzene rings is 2. The van der Waals surface area contributed by atoms with Gasteiger partial charge in [-0.05, 0) is 66.6 Å². The van der Waals surface area contributed by atoms with E-state index in [1.165, 1.54) is 4.90 Å². The average molecular weight is 517 g/mol. The molecule has 200 valence electrons. The molecule has 2 aromatic carbocycles. The number of imide groups is 2. The van der Waals surface area contributed by atoms with Crippen LogP contribution >= 0.6 is 0 Å². The molecule has 7 heteroatoms. The maximum atomic E-state index is 13.4. The fourth-order valence-electron chi connectivity index (χ4n) is 5.78. The average Bonchev–Trinajstić information content (AvgIpc) is 3.24. The second-order valence-corrected chi connectivity index (χ2v) is 11.2. The molecule has 38 heavy (non-hydrogen) atoms. The molecule has 0 bridgehead atoms. The number of amides is 4. The van der Waals surface area contributed by atoms with Crippen LogP contribution in [0.5, 0.6) is 5.75 Å². The molecule has 6 unspecified atom stereocenters. The third kappa shape index (κ3) is 4.32. The first-order chi connectivity index (χ1) is 18.3. The largest absolute Gasteiger partial charge is 0.493 e. The predicted molar refractivity (Wildman–Crippen MR) is 145 cm³/mol. The molecular formula is C31H36N2O5. The van der Waals surface area contributed by atoms with E-state index in [9.17, 15) is 19.2 Å². The van der Waals surface area contributed by atoms with Gasteiger partial charge in [0.1, 0.15) is 5.75 Å². The summed E-state index contributed by atoms with van der Waals surface area (Å²) in [7, 11) is 0. The molecular weight excluding hydrogens is 480 g/mol. The summed E-state index contributed by atoms with van der Waals surface area (Å²) < 4.78 is 5.78. The lowest BCUT2D eigenvalue weighted by Gasteiger charge is -2.36. The molecule has 3 fully saturated rings. The smallest absolute Gasteiger partial charge is 0.238 e. The quantitative estimate of drug-likeness (QED) is 0.414. The fraction of sp³-hybridized carbons (Fsp3) is 0.484. The number of carbonyl (C=O) groups is 4. The Morgan fingerprint density at radius 2 is 1.08 bits per heavy atom. The van der Waals surface area contributed by atoms with Crippen LogP contribution in [0.25, 0.3) is 0 Å². The third-order valence-corrected chi connectivity index (χ3v) is 8.71. The summed E-state index contributed by atoms with van der Waals surface area (Å²) in [6.07, 6.45) is 4.17. The molecule has 0 radical (unpaired) electrons. The Kier molecular flexibility index (Phi) is 7.12. The Labute approximate surface area is 224 Å². The lowest BCUT2D eigenvalue weighted by atomic mass is 9.59. The van der Waals surface area contributed by atoms with Crippen LogP contribution < -0.4 is 14.5 Å². The second kappa shape index (κ2) is 10.4. The van der Waals surface area contributed by atoms with Gasteiger partial charge in [0.15, 0.2) is 0 Å². The van der Waals surface area contributed by atoms with E-state index in [-0.39, 0.29) is 11.8 Å². The summed E-state index contributed by atoms with van der Waals surface area (Å²) in [4.78, 5) is 55.7. The van der Waals surface area contributed by atoms with Crippen molar-refractivity contribution in [3.63, 3.8) is 0 Å². The van der Waals surface area contributed by atoms with Gasteiger partial charge in [0.25, 0.3) is 0 Å². The molecule has 5 rings (SSSR count). The van der Waals surface area contributed by atoms with Gasteiger partial charge in [-0.2, -0.15) is 0 Å². The first-order valence-corrected chi connectivity index (χ1v) is 13.8.